The molecule has 0 saturated carbocycles. The van der Waals surface area contributed by atoms with Crippen molar-refractivity contribution < 1.29 is 14.3 Å². The van der Waals surface area contributed by atoms with Crippen molar-refractivity contribution in [3.63, 3.8) is 0 Å². The summed E-state index contributed by atoms with van der Waals surface area (Å²) >= 11 is 1.75. The highest BCUT2D eigenvalue weighted by Gasteiger charge is 2.27. The third kappa shape index (κ3) is 3.74. The molecule has 2 aliphatic rings. The number of amides is 1. The van der Waals surface area contributed by atoms with Gasteiger partial charge in [0.25, 0.3) is 0 Å². The van der Waals surface area contributed by atoms with Gasteiger partial charge in [0.15, 0.2) is 0 Å². The van der Waals surface area contributed by atoms with E-state index in [9.17, 15) is 4.79 Å². The summed E-state index contributed by atoms with van der Waals surface area (Å²) in [7, 11) is 0. The molecule has 0 aliphatic carbocycles. The molecule has 26 heavy (non-hydrogen) atoms. The minimum Gasteiger partial charge on any atom is -0.488 e. The third-order valence-electron chi connectivity index (χ3n) is 4.95. The van der Waals surface area contributed by atoms with Gasteiger partial charge in [0.2, 0.25) is 5.91 Å². The molecule has 1 fully saturated rings. The number of carbonyl (C=O) groups is 1. The number of rotatable bonds is 5. The first-order valence-corrected chi connectivity index (χ1v) is 10.3. The van der Waals surface area contributed by atoms with E-state index in [-0.39, 0.29) is 18.1 Å². The van der Waals surface area contributed by atoms with Gasteiger partial charge < -0.3 is 14.8 Å². The van der Waals surface area contributed by atoms with Gasteiger partial charge in [0, 0.05) is 17.9 Å². The number of ether oxygens (including phenoxy) is 2. The lowest BCUT2D eigenvalue weighted by atomic mass is 10.0. The Morgan fingerprint density at radius 1 is 1.19 bits per heavy atom. The zero-order valence-electron chi connectivity index (χ0n) is 14.9. The number of thioether (sulfide) groups is 1. The van der Waals surface area contributed by atoms with Crippen molar-refractivity contribution >= 4 is 17.7 Å². The van der Waals surface area contributed by atoms with E-state index in [0.717, 1.165) is 25.0 Å². The molecule has 1 saturated heterocycles. The number of benzene rings is 2. The van der Waals surface area contributed by atoms with Crippen molar-refractivity contribution in [2.24, 2.45) is 0 Å². The number of nitrogens with one attached hydrogen (secondary N) is 1. The van der Waals surface area contributed by atoms with Crippen molar-refractivity contribution in [2.45, 2.75) is 36.4 Å². The van der Waals surface area contributed by atoms with E-state index < -0.39 is 0 Å². The Labute approximate surface area is 158 Å². The van der Waals surface area contributed by atoms with Gasteiger partial charge in [-0.25, -0.2) is 0 Å². The van der Waals surface area contributed by atoms with E-state index in [1.54, 1.807) is 11.8 Å². The van der Waals surface area contributed by atoms with Crippen LogP contribution in [0.5, 0.6) is 5.75 Å². The molecule has 1 N–H and O–H groups in total. The molecule has 1 amide bonds. The van der Waals surface area contributed by atoms with Gasteiger partial charge in [-0.2, -0.15) is 0 Å². The molecule has 5 heteroatoms. The van der Waals surface area contributed by atoms with Crippen LogP contribution in [0, 0.1) is 0 Å². The highest BCUT2D eigenvalue weighted by atomic mass is 32.2. The summed E-state index contributed by atoms with van der Waals surface area (Å²) in [5, 5.41) is 2.97. The summed E-state index contributed by atoms with van der Waals surface area (Å²) in [6, 6.07) is 14.9. The zero-order chi connectivity index (χ0) is 17.9. The van der Waals surface area contributed by atoms with Crippen LogP contribution in [0.3, 0.4) is 0 Å². The van der Waals surface area contributed by atoms with Crippen molar-refractivity contribution in [1.82, 2.24) is 5.32 Å². The van der Waals surface area contributed by atoms with Gasteiger partial charge in [-0.05, 0) is 60.1 Å². The first-order valence-electron chi connectivity index (χ1n) is 9.06. The molecule has 2 aromatic carbocycles. The quantitative estimate of drug-likeness (QED) is 0.817. The molecule has 0 radical (unpaired) electrons. The largest absolute Gasteiger partial charge is 0.488 e. The standard InChI is InChI=1S/C21H23NO3S/c1-26-18-7-4-14(5-8-18)15-6-9-19-16(11-15)12-17(25-19)13-22-21(23)20-3-2-10-24-20/h4-9,11,17,20H,2-3,10,12-13H2,1H3,(H,22,23)/t17-,20+/m1/s1. The SMILES string of the molecule is CSc1ccc(-c2ccc3c(c2)C[C@H](CNC(=O)[C@@H]2CCCO2)O3)cc1. The maximum atomic E-state index is 12.1. The molecular formula is C21H23NO3S. The number of hydrogen-bond acceptors (Lipinski definition) is 4. The average molecular weight is 369 g/mol. The van der Waals surface area contributed by atoms with Gasteiger partial charge in [0.05, 0.1) is 6.54 Å². The van der Waals surface area contributed by atoms with Crippen LogP contribution in [0.4, 0.5) is 0 Å². The zero-order valence-corrected chi connectivity index (χ0v) is 15.7. The third-order valence-corrected chi connectivity index (χ3v) is 5.69. The van der Waals surface area contributed by atoms with Crippen LogP contribution in [-0.2, 0) is 16.0 Å². The molecule has 2 aromatic rings. The van der Waals surface area contributed by atoms with Crippen LogP contribution < -0.4 is 10.1 Å². The Hall–Kier alpha value is -1.98. The summed E-state index contributed by atoms with van der Waals surface area (Å²) in [4.78, 5) is 13.3. The Morgan fingerprint density at radius 3 is 2.73 bits per heavy atom. The highest BCUT2D eigenvalue weighted by Crippen LogP contribution is 2.33. The lowest BCUT2D eigenvalue weighted by molar-refractivity contribution is -0.130. The van der Waals surface area contributed by atoms with E-state index >= 15 is 0 Å². The molecule has 2 heterocycles. The van der Waals surface area contributed by atoms with Crippen LogP contribution >= 0.6 is 11.8 Å². The van der Waals surface area contributed by atoms with E-state index in [1.165, 1.54) is 21.6 Å². The Morgan fingerprint density at radius 2 is 2.00 bits per heavy atom. The van der Waals surface area contributed by atoms with Crippen LogP contribution in [0.25, 0.3) is 11.1 Å². The van der Waals surface area contributed by atoms with E-state index in [2.05, 4.69) is 48.0 Å². The smallest absolute Gasteiger partial charge is 0.249 e. The minimum atomic E-state index is -0.283. The molecule has 2 aliphatic heterocycles. The van der Waals surface area contributed by atoms with Gasteiger partial charge in [-0.1, -0.05) is 18.2 Å². The Balaban J connectivity index is 1.38. The fourth-order valence-corrected chi connectivity index (χ4v) is 3.92. The lowest BCUT2D eigenvalue weighted by Crippen LogP contribution is -2.40. The van der Waals surface area contributed by atoms with Crippen molar-refractivity contribution in [3.05, 3.63) is 48.0 Å². The molecule has 4 nitrogen and oxygen atoms in total. The van der Waals surface area contributed by atoms with Gasteiger partial charge in [-0.3, -0.25) is 4.79 Å². The molecule has 0 unspecified atom stereocenters. The summed E-state index contributed by atoms with van der Waals surface area (Å²) in [5.74, 6) is 0.905. The maximum absolute atomic E-state index is 12.1. The predicted octanol–water partition coefficient (Wildman–Crippen LogP) is 3.67. The second kappa shape index (κ2) is 7.72. The first kappa shape index (κ1) is 17.4. The topological polar surface area (TPSA) is 47.6 Å². The van der Waals surface area contributed by atoms with Crippen molar-refractivity contribution in [1.29, 1.82) is 0 Å². The van der Waals surface area contributed by atoms with Gasteiger partial charge in [0.1, 0.15) is 18.0 Å². The Bertz CT molecular complexity index is 784. The molecule has 4 rings (SSSR count). The second-order valence-electron chi connectivity index (χ2n) is 6.74. The summed E-state index contributed by atoms with van der Waals surface area (Å²) in [6.07, 6.45) is 4.39. The van der Waals surface area contributed by atoms with Crippen LogP contribution in [0.2, 0.25) is 0 Å². The monoisotopic (exact) mass is 369 g/mol. The van der Waals surface area contributed by atoms with Crippen LogP contribution in [-0.4, -0.2) is 37.5 Å². The van der Waals surface area contributed by atoms with Crippen LogP contribution in [0.15, 0.2) is 47.4 Å². The van der Waals surface area contributed by atoms with Crippen LogP contribution in [0.1, 0.15) is 18.4 Å². The van der Waals surface area contributed by atoms with E-state index in [0.29, 0.717) is 13.2 Å². The lowest BCUT2D eigenvalue weighted by Gasteiger charge is -2.14. The van der Waals surface area contributed by atoms with Crippen molar-refractivity contribution in [2.75, 3.05) is 19.4 Å². The predicted molar refractivity (Wildman–Crippen MR) is 104 cm³/mol. The fraction of sp³-hybridized carbons (Fsp3) is 0.381. The van der Waals surface area contributed by atoms with E-state index in [1.807, 2.05) is 6.07 Å². The highest BCUT2D eigenvalue weighted by molar-refractivity contribution is 7.98. The maximum Gasteiger partial charge on any atom is 0.249 e. The average Bonchev–Trinajstić information content (AvgIpc) is 3.35. The molecular weight excluding hydrogens is 346 g/mol. The number of carbonyl (C=O) groups excluding carboxylic acids is 1. The van der Waals surface area contributed by atoms with Gasteiger partial charge >= 0.3 is 0 Å². The normalized spacial score (nSPS) is 21.3. The number of fused-ring (bicyclic) bond motifs is 1. The van der Waals surface area contributed by atoms with Gasteiger partial charge in [-0.15, -0.1) is 11.8 Å². The second-order valence-corrected chi connectivity index (χ2v) is 7.62. The summed E-state index contributed by atoms with van der Waals surface area (Å²) in [6.45, 7) is 1.20. The summed E-state index contributed by atoms with van der Waals surface area (Å²) in [5.41, 5.74) is 3.61. The minimum absolute atomic E-state index is 0.00975. The Kier molecular flexibility index (Phi) is 5.18. The molecule has 0 bridgehead atoms. The molecule has 2 atom stereocenters. The molecule has 136 valence electrons. The van der Waals surface area contributed by atoms with Crippen molar-refractivity contribution in [3.8, 4) is 16.9 Å². The number of hydrogen-bond donors (Lipinski definition) is 1. The summed E-state index contributed by atoms with van der Waals surface area (Å²) < 4.78 is 11.4. The molecule has 0 aromatic heterocycles. The fourth-order valence-electron chi connectivity index (χ4n) is 3.51. The first-order chi connectivity index (χ1) is 12.7. The van der Waals surface area contributed by atoms with E-state index in [4.69, 9.17) is 9.47 Å². The molecule has 0 spiro atoms.